The number of nitrogens with zero attached hydrogens (tertiary/aromatic N) is 1. The van der Waals surface area contributed by atoms with Gasteiger partial charge in [0.25, 0.3) is 5.91 Å². The highest BCUT2D eigenvalue weighted by atomic mass is 16.5. The predicted octanol–water partition coefficient (Wildman–Crippen LogP) is 3.28. The molecule has 4 rings (SSSR count). The molecule has 0 bridgehead atoms. The van der Waals surface area contributed by atoms with Crippen molar-refractivity contribution in [3.05, 3.63) is 71.8 Å². The highest BCUT2D eigenvalue weighted by molar-refractivity contribution is 5.90. The summed E-state index contributed by atoms with van der Waals surface area (Å²) in [5, 5.41) is 3.44. The fourth-order valence-corrected chi connectivity index (χ4v) is 4.73. The van der Waals surface area contributed by atoms with Crippen LogP contribution in [0.1, 0.15) is 24.5 Å². The van der Waals surface area contributed by atoms with E-state index in [9.17, 15) is 4.79 Å². The Labute approximate surface area is 167 Å². The Kier molecular flexibility index (Phi) is 5.51. The largest absolute Gasteiger partial charge is 0.356 e. The van der Waals surface area contributed by atoms with Crippen molar-refractivity contribution in [2.24, 2.45) is 17.8 Å². The maximum Gasteiger partial charge on any atom is 0.263 e. The minimum Gasteiger partial charge on any atom is -0.356 e. The van der Waals surface area contributed by atoms with Gasteiger partial charge in [-0.05, 0) is 48.4 Å². The molecule has 2 fully saturated rings. The quantitative estimate of drug-likeness (QED) is 0.766. The van der Waals surface area contributed by atoms with Gasteiger partial charge in [-0.1, -0.05) is 67.6 Å². The maximum atomic E-state index is 13.9. The first-order valence-electron chi connectivity index (χ1n) is 10.4. The topological polar surface area (TPSA) is 41.6 Å². The Balaban J connectivity index is 1.69. The molecule has 2 aromatic rings. The molecule has 1 aliphatic carbocycles. The first-order chi connectivity index (χ1) is 13.7. The number of piperidine rings is 1. The maximum absolute atomic E-state index is 13.9. The van der Waals surface area contributed by atoms with Crippen molar-refractivity contribution in [2.75, 3.05) is 33.3 Å². The van der Waals surface area contributed by atoms with E-state index in [1.54, 1.807) is 0 Å². The van der Waals surface area contributed by atoms with E-state index in [1.807, 2.05) is 72.6 Å². The molecule has 4 heteroatoms. The van der Waals surface area contributed by atoms with E-state index in [-0.39, 0.29) is 5.91 Å². The number of benzene rings is 2. The van der Waals surface area contributed by atoms with Crippen LogP contribution in [-0.2, 0) is 15.1 Å². The van der Waals surface area contributed by atoms with Gasteiger partial charge >= 0.3 is 0 Å². The van der Waals surface area contributed by atoms with E-state index in [0.717, 1.165) is 49.0 Å². The second-order valence-electron chi connectivity index (χ2n) is 8.10. The molecule has 148 valence electrons. The molecule has 0 aromatic heterocycles. The number of fused-ring (bicyclic) bond motifs is 1. The number of ether oxygens (including phenoxy) is 1. The van der Waals surface area contributed by atoms with Crippen LogP contribution in [0.4, 0.5) is 0 Å². The van der Waals surface area contributed by atoms with E-state index in [4.69, 9.17) is 4.74 Å². The molecular formula is C24H30N2O2. The summed E-state index contributed by atoms with van der Waals surface area (Å²) in [5.41, 5.74) is 0.684. The first-order valence-corrected chi connectivity index (χ1v) is 10.4. The average molecular weight is 379 g/mol. The Bertz CT molecular complexity index is 743. The number of nitrogens with one attached hydrogen (secondary N) is 1. The fraction of sp³-hybridized carbons (Fsp3) is 0.458. The van der Waals surface area contributed by atoms with Gasteiger partial charge in [0.15, 0.2) is 5.60 Å². The van der Waals surface area contributed by atoms with Crippen LogP contribution in [0.5, 0.6) is 0 Å². The van der Waals surface area contributed by atoms with Crippen LogP contribution in [-0.4, -0.2) is 44.1 Å². The molecule has 2 aromatic carbocycles. The first kappa shape index (κ1) is 19.2. The Morgan fingerprint density at radius 3 is 2.07 bits per heavy atom. The molecule has 2 aliphatic rings. The second-order valence-corrected chi connectivity index (χ2v) is 8.10. The van der Waals surface area contributed by atoms with E-state index in [1.165, 1.54) is 0 Å². The summed E-state index contributed by atoms with van der Waals surface area (Å²) in [6.45, 7) is 5.58. The molecular weight excluding hydrogens is 348 g/mol. The van der Waals surface area contributed by atoms with Gasteiger partial charge < -0.3 is 15.0 Å². The van der Waals surface area contributed by atoms with Crippen LogP contribution >= 0.6 is 0 Å². The van der Waals surface area contributed by atoms with Crippen molar-refractivity contribution in [3.8, 4) is 0 Å². The molecule has 1 aliphatic heterocycles. The van der Waals surface area contributed by atoms with E-state index in [2.05, 4.69) is 12.2 Å². The summed E-state index contributed by atoms with van der Waals surface area (Å²) < 4.78 is 6.43. The van der Waals surface area contributed by atoms with Crippen LogP contribution in [0.25, 0.3) is 0 Å². The van der Waals surface area contributed by atoms with Gasteiger partial charge in [-0.15, -0.1) is 0 Å². The number of carbonyl (C=O) groups is 1. The molecule has 2 atom stereocenters. The van der Waals surface area contributed by atoms with Crippen LogP contribution in [0, 0.1) is 17.8 Å². The summed E-state index contributed by atoms with van der Waals surface area (Å²) >= 11 is 0. The van der Waals surface area contributed by atoms with Gasteiger partial charge in [0.1, 0.15) is 0 Å². The number of rotatable bonds is 8. The molecule has 2 unspecified atom stereocenters. The van der Waals surface area contributed by atoms with Gasteiger partial charge in [-0.25, -0.2) is 0 Å². The minimum atomic E-state index is -1.10. The van der Waals surface area contributed by atoms with Crippen LogP contribution in [0.2, 0.25) is 0 Å². The lowest BCUT2D eigenvalue weighted by atomic mass is 9.84. The van der Waals surface area contributed by atoms with Crippen molar-refractivity contribution in [2.45, 2.75) is 18.9 Å². The Morgan fingerprint density at radius 1 is 1.04 bits per heavy atom. The Morgan fingerprint density at radius 2 is 1.57 bits per heavy atom. The third-order valence-corrected chi connectivity index (χ3v) is 6.28. The van der Waals surface area contributed by atoms with Crippen molar-refractivity contribution in [3.63, 3.8) is 0 Å². The molecule has 1 N–H and O–H groups in total. The lowest BCUT2D eigenvalue weighted by Crippen LogP contribution is -2.49. The van der Waals surface area contributed by atoms with Crippen molar-refractivity contribution < 1.29 is 9.53 Å². The smallest absolute Gasteiger partial charge is 0.263 e. The summed E-state index contributed by atoms with van der Waals surface area (Å²) in [7, 11) is 1.93. The zero-order valence-electron chi connectivity index (χ0n) is 16.8. The third-order valence-electron chi connectivity index (χ3n) is 6.28. The second kappa shape index (κ2) is 8.06. The third kappa shape index (κ3) is 3.36. The molecule has 0 radical (unpaired) electrons. The van der Waals surface area contributed by atoms with Crippen molar-refractivity contribution in [1.29, 1.82) is 0 Å². The molecule has 1 amide bonds. The average Bonchev–Trinajstić information content (AvgIpc) is 3.15. The molecule has 28 heavy (non-hydrogen) atoms. The SMILES string of the molecule is CCCOC(C(=O)N(C)CC1C2CNCC21)(c1ccccc1)c1ccccc1. The molecule has 4 nitrogen and oxygen atoms in total. The lowest BCUT2D eigenvalue weighted by Gasteiger charge is -2.37. The van der Waals surface area contributed by atoms with Gasteiger partial charge in [-0.3, -0.25) is 4.79 Å². The molecule has 1 saturated heterocycles. The van der Waals surface area contributed by atoms with E-state index in [0.29, 0.717) is 12.5 Å². The minimum absolute atomic E-state index is 0.0243. The Hall–Kier alpha value is -2.17. The van der Waals surface area contributed by atoms with E-state index >= 15 is 0 Å². The highest BCUT2D eigenvalue weighted by Gasteiger charge is 2.54. The lowest BCUT2D eigenvalue weighted by molar-refractivity contribution is -0.153. The number of likely N-dealkylation sites (N-methyl/N-ethyl adjacent to an activating group) is 1. The molecule has 0 spiro atoms. The van der Waals surface area contributed by atoms with Crippen LogP contribution < -0.4 is 5.32 Å². The van der Waals surface area contributed by atoms with Crippen LogP contribution in [0.15, 0.2) is 60.7 Å². The van der Waals surface area contributed by atoms with Gasteiger partial charge in [0.05, 0.1) is 0 Å². The zero-order valence-corrected chi connectivity index (χ0v) is 16.8. The van der Waals surface area contributed by atoms with Gasteiger partial charge in [0, 0.05) is 20.2 Å². The molecule has 1 saturated carbocycles. The van der Waals surface area contributed by atoms with Gasteiger partial charge in [0.2, 0.25) is 0 Å². The summed E-state index contributed by atoms with van der Waals surface area (Å²) in [4.78, 5) is 15.8. The standard InChI is InChI=1S/C24H30N2O2/c1-3-14-28-24(18-10-6-4-7-11-18,19-12-8-5-9-13-19)23(27)26(2)17-22-20-15-25-16-21(20)22/h4-13,20-22,25H,3,14-17H2,1-2H3. The number of hydrogen-bond donors (Lipinski definition) is 1. The monoisotopic (exact) mass is 378 g/mol. The summed E-state index contributed by atoms with van der Waals surface area (Å²) in [6.07, 6.45) is 0.858. The summed E-state index contributed by atoms with van der Waals surface area (Å²) in [6, 6.07) is 19.9. The number of hydrogen-bond acceptors (Lipinski definition) is 3. The fourth-order valence-electron chi connectivity index (χ4n) is 4.73. The van der Waals surface area contributed by atoms with Gasteiger partial charge in [-0.2, -0.15) is 0 Å². The number of carbonyl (C=O) groups excluding carboxylic acids is 1. The van der Waals surface area contributed by atoms with E-state index < -0.39 is 5.60 Å². The van der Waals surface area contributed by atoms with Crippen molar-refractivity contribution >= 4 is 5.91 Å². The predicted molar refractivity (Wildman–Crippen MR) is 111 cm³/mol. The summed E-state index contributed by atoms with van der Waals surface area (Å²) in [5.74, 6) is 2.10. The number of amides is 1. The zero-order chi connectivity index (χ0) is 19.6. The highest BCUT2D eigenvalue weighted by Crippen LogP contribution is 2.49. The molecule has 1 heterocycles. The van der Waals surface area contributed by atoms with Crippen molar-refractivity contribution in [1.82, 2.24) is 10.2 Å². The van der Waals surface area contributed by atoms with Crippen LogP contribution in [0.3, 0.4) is 0 Å². The normalized spacial score (nSPS) is 23.3.